The van der Waals surface area contributed by atoms with Crippen molar-refractivity contribution < 1.29 is 20.0 Å². The Morgan fingerprint density at radius 1 is 1.37 bits per heavy atom. The van der Waals surface area contributed by atoms with Crippen LogP contribution in [0, 0.1) is 0 Å². The molecule has 0 spiro atoms. The zero-order chi connectivity index (χ0) is 26.0. The lowest BCUT2D eigenvalue weighted by atomic mass is 10.0. The second kappa shape index (κ2) is 6.83. The van der Waals surface area contributed by atoms with E-state index in [9.17, 15) is 13.2 Å². The number of hydrogen-bond acceptors (Lipinski definition) is 7. The Balaban J connectivity index is 1.78. The molecule has 0 amide bonds. The van der Waals surface area contributed by atoms with Crippen LogP contribution in [0.1, 0.15) is 57.8 Å². The summed E-state index contributed by atoms with van der Waals surface area (Å²) in [6, 6.07) is 1.51. The van der Waals surface area contributed by atoms with Crippen molar-refractivity contribution in [2.45, 2.75) is 57.1 Å². The number of aliphatic imine (C=N–C) groups is 1. The molecule has 1 fully saturated rings. The standard InChI is InChI=1S/C18H24F3N9/c1-4-23-15-12(17(19,20)21)10-24-18(22,27-15)14-9-13(28-29(14)11-5-6-11)16(2,3)30-25-7-8-26-30/h7-11,23,27H,4-6,22H2,1-3H3/i1D3,4D2. The van der Waals surface area contributed by atoms with E-state index in [1.807, 2.05) is 5.32 Å². The van der Waals surface area contributed by atoms with Gasteiger partial charge < -0.3 is 10.6 Å². The number of halogens is 3. The molecule has 2 aliphatic rings. The molecule has 4 rings (SSSR count). The van der Waals surface area contributed by atoms with Crippen molar-refractivity contribution in [2.75, 3.05) is 6.50 Å². The number of nitrogens with two attached hydrogens (primary N) is 1. The molecule has 1 saturated carbocycles. The zero-order valence-electron chi connectivity index (χ0n) is 21.2. The second-order valence-corrected chi connectivity index (χ2v) is 7.65. The topological polar surface area (TPSA) is 111 Å². The molecule has 1 aliphatic heterocycles. The van der Waals surface area contributed by atoms with Crippen LogP contribution in [-0.4, -0.2) is 43.7 Å². The summed E-state index contributed by atoms with van der Waals surface area (Å²) >= 11 is 0. The van der Waals surface area contributed by atoms with E-state index >= 15 is 0 Å². The molecule has 3 heterocycles. The van der Waals surface area contributed by atoms with Gasteiger partial charge in [-0.3, -0.25) is 10.4 Å². The van der Waals surface area contributed by atoms with Crippen LogP contribution in [0.2, 0.25) is 0 Å². The highest BCUT2D eigenvalue weighted by Crippen LogP contribution is 2.40. The van der Waals surface area contributed by atoms with Gasteiger partial charge >= 0.3 is 6.18 Å². The highest BCUT2D eigenvalue weighted by molar-refractivity contribution is 5.82. The monoisotopic (exact) mass is 428 g/mol. The summed E-state index contributed by atoms with van der Waals surface area (Å²) in [5.41, 5.74) is 4.87. The average molecular weight is 428 g/mol. The summed E-state index contributed by atoms with van der Waals surface area (Å²) in [4.78, 5) is 5.34. The third-order valence-corrected chi connectivity index (χ3v) is 5.04. The van der Waals surface area contributed by atoms with Gasteiger partial charge in [0.05, 0.1) is 24.1 Å². The number of alkyl halides is 3. The van der Waals surface area contributed by atoms with Gasteiger partial charge in [-0.05, 0) is 39.6 Å². The summed E-state index contributed by atoms with van der Waals surface area (Å²) in [6.07, 6.45) is 0.0190. The molecule has 1 aliphatic carbocycles. The Labute approximate surface area is 178 Å². The number of hydrogen-bond donors (Lipinski definition) is 3. The van der Waals surface area contributed by atoms with Crippen LogP contribution in [0.15, 0.2) is 34.8 Å². The van der Waals surface area contributed by atoms with Crippen LogP contribution in [0.3, 0.4) is 0 Å². The van der Waals surface area contributed by atoms with Gasteiger partial charge in [0.25, 0.3) is 0 Å². The van der Waals surface area contributed by atoms with Gasteiger partial charge in [-0.25, -0.2) is 4.99 Å². The molecule has 2 aromatic heterocycles. The quantitative estimate of drug-likeness (QED) is 0.646. The molecular formula is C18H24F3N9. The Morgan fingerprint density at radius 3 is 2.67 bits per heavy atom. The molecule has 2 aromatic rings. The summed E-state index contributed by atoms with van der Waals surface area (Å²) in [5, 5.41) is 17.2. The predicted octanol–water partition coefficient (Wildman–Crippen LogP) is 1.72. The average Bonchev–Trinajstić information content (AvgIpc) is 3.21. The maximum absolute atomic E-state index is 13.7. The summed E-state index contributed by atoms with van der Waals surface area (Å²) < 4.78 is 80.2. The highest BCUT2D eigenvalue weighted by atomic mass is 19.4. The number of allylic oxidation sites excluding steroid dienone is 1. The van der Waals surface area contributed by atoms with Crippen LogP contribution in [0.25, 0.3) is 0 Å². The zero-order valence-corrected chi connectivity index (χ0v) is 16.2. The summed E-state index contributed by atoms with van der Waals surface area (Å²) in [7, 11) is 0. The number of nitrogens with zero attached hydrogens (tertiary/aromatic N) is 6. The van der Waals surface area contributed by atoms with E-state index in [-0.39, 0.29) is 11.7 Å². The molecule has 30 heavy (non-hydrogen) atoms. The minimum Gasteiger partial charge on any atom is -0.372 e. The molecule has 12 heteroatoms. The molecule has 0 aromatic carbocycles. The van der Waals surface area contributed by atoms with E-state index < -0.39 is 42.2 Å². The maximum atomic E-state index is 13.7. The van der Waals surface area contributed by atoms with Gasteiger partial charge in [-0.2, -0.15) is 33.3 Å². The van der Waals surface area contributed by atoms with Crippen LogP contribution in [-0.2, 0) is 11.3 Å². The second-order valence-electron chi connectivity index (χ2n) is 7.65. The summed E-state index contributed by atoms with van der Waals surface area (Å²) in [6.45, 7) is -2.87. The van der Waals surface area contributed by atoms with Crippen LogP contribution >= 0.6 is 0 Å². The van der Waals surface area contributed by atoms with E-state index in [4.69, 9.17) is 12.6 Å². The highest BCUT2D eigenvalue weighted by Gasteiger charge is 2.45. The maximum Gasteiger partial charge on any atom is 0.421 e. The first-order chi connectivity index (χ1) is 16.0. The van der Waals surface area contributed by atoms with Crippen molar-refractivity contribution in [3.63, 3.8) is 0 Å². The number of nitrogens with one attached hydrogen (secondary N) is 2. The molecule has 0 radical (unpaired) electrons. The lowest BCUT2D eigenvalue weighted by molar-refractivity contribution is -0.0876. The molecule has 4 N–H and O–H groups in total. The minimum atomic E-state index is -4.97. The fraction of sp³-hybridized carbons (Fsp3) is 0.556. The van der Waals surface area contributed by atoms with Crippen LogP contribution < -0.4 is 16.4 Å². The first kappa shape index (κ1) is 15.0. The first-order valence-corrected chi connectivity index (χ1v) is 9.15. The van der Waals surface area contributed by atoms with Gasteiger partial charge in [0.1, 0.15) is 22.6 Å². The fourth-order valence-corrected chi connectivity index (χ4v) is 3.21. The normalized spacial score (nSPS) is 25.7. The number of rotatable bonds is 6. The first-order valence-electron chi connectivity index (χ1n) is 11.6. The molecule has 162 valence electrons. The van der Waals surface area contributed by atoms with Crippen molar-refractivity contribution in [3.8, 4) is 0 Å². The lowest BCUT2D eigenvalue weighted by Gasteiger charge is -2.34. The number of aromatic nitrogens is 5. The molecule has 0 bridgehead atoms. The van der Waals surface area contributed by atoms with Gasteiger partial charge in [0, 0.05) is 19.6 Å². The van der Waals surface area contributed by atoms with E-state index in [1.54, 1.807) is 24.6 Å². The van der Waals surface area contributed by atoms with Gasteiger partial charge in [0.15, 0.2) is 0 Å². The molecular weight excluding hydrogens is 399 g/mol. The van der Waals surface area contributed by atoms with Crippen LogP contribution in [0.5, 0.6) is 0 Å². The van der Waals surface area contributed by atoms with Crippen molar-refractivity contribution in [2.24, 2.45) is 10.7 Å². The predicted molar refractivity (Wildman–Crippen MR) is 103 cm³/mol. The van der Waals surface area contributed by atoms with Gasteiger partial charge in [-0.15, -0.1) is 0 Å². The third kappa shape index (κ3) is 3.44. The van der Waals surface area contributed by atoms with E-state index in [0.29, 0.717) is 11.9 Å². The van der Waals surface area contributed by atoms with E-state index in [0.717, 1.165) is 12.8 Å². The minimum absolute atomic E-state index is 0.0595. The van der Waals surface area contributed by atoms with E-state index in [2.05, 4.69) is 25.6 Å². The Morgan fingerprint density at radius 2 is 2.07 bits per heavy atom. The summed E-state index contributed by atoms with van der Waals surface area (Å²) in [5.74, 6) is -2.96. The largest absolute Gasteiger partial charge is 0.421 e. The van der Waals surface area contributed by atoms with Gasteiger partial charge in [0.2, 0.25) is 5.79 Å². The van der Waals surface area contributed by atoms with E-state index in [1.165, 1.54) is 17.2 Å². The van der Waals surface area contributed by atoms with Crippen molar-refractivity contribution in [3.05, 3.63) is 41.2 Å². The van der Waals surface area contributed by atoms with Gasteiger partial charge in [-0.1, -0.05) is 0 Å². The third-order valence-electron chi connectivity index (χ3n) is 5.04. The van der Waals surface area contributed by atoms with Crippen LogP contribution in [0.4, 0.5) is 13.2 Å². The Hall–Kier alpha value is -2.89. The fourth-order valence-electron chi connectivity index (χ4n) is 3.21. The van der Waals surface area contributed by atoms with Crippen molar-refractivity contribution in [1.82, 2.24) is 35.4 Å². The molecule has 9 nitrogen and oxygen atoms in total. The van der Waals surface area contributed by atoms with Crippen molar-refractivity contribution in [1.29, 1.82) is 0 Å². The molecule has 0 saturated heterocycles. The smallest absolute Gasteiger partial charge is 0.372 e. The Bertz CT molecular complexity index is 1160. The molecule has 1 atom stereocenters. The van der Waals surface area contributed by atoms with Crippen molar-refractivity contribution >= 4 is 6.21 Å². The Kier molecular flexibility index (Phi) is 3.41. The molecule has 1 unspecified atom stereocenters. The lowest BCUT2D eigenvalue weighted by Crippen LogP contribution is -2.55. The SMILES string of the molecule is [2H]C([2H])([2H])C([2H])([2H])NC1=C(C(F)(F)F)C=NC(N)(c2cc(C(C)(C)n3nccn3)nn2C2CC2)N1.